The number of benzene rings is 2. The van der Waals surface area contributed by atoms with E-state index in [0.717, 1.165) is 17.7 Å². The van der Waals surface area contributed by atoms with E-state index in [4.69, 9.17) is 0 Å². The quantitative estimate of drug-likeness (QED) is 0.865. The van der Waals surface area contributed by atoms with Gasteiger partial charge in [-0.05, 0) is 35.2 Å². The zero-order valence-electron chi connectivity index (χ0n) is 12.2. The van der Waals surface area contributed by atoms with Crippen molar-refractivity contribution in [2.75, 3.05) is 5.32 Å². The average Bonchev–Trinajstić information content (AvgIpc) is 2.42. The van der Waals surface area contributed by atoms with Crippen LogP contribution < -0.4 is 5.32 Å². The lowest BCUT2D eigenvalue weighted by Crippen LogP contribution is -2.14. The summed E-state index contributed by atoms with van der Waals surface area (Å²) >= 11 is 0. The van der Waals surface area contributed by atoms with Crippen molar-refractivity contribution >= 4 is 11.6 Å². The van der Waals surface area contributed by atoms with Crippen LogP contribution in [0.2, 0.25) is 0 Å². The van der Waals surface area contributed by atoms with Gasteiger partial charge in [0.05, 0.1) is 0 Å². The summed E-state index contributed by atoms with van der Waals surface area (Å²) in [5, 5.41) is 2.54. The fraction of sp³-hybridized carbons (Fsp3) is 0.235. The van der Waals surface area contributed by atoms with Crippen LogP contribution in [0.4, 0.5) is 14.5 Å². The van der Waals surface area contributed by atoms with Gasteiger partial charge >= 0.3 is 0 Å². The molecule has 2 rings (SSSR count). The third-order valence-corrected chi connectivity index (χ3v) is 3.19. The topological polar surface area (TPSA) is 29.1 Å². The number of nitrogens with one attached hydrogen (secondary N) is 1. The number of carbonyl (C=O) groups excluding carboxylic acids is 1. The first-order chi connectivity index (χ1) is 9.77. The summed E-state index contributed by atoms with van der Waals surface area (Å²) in [6.45, 7) is 6.26. The Bertz CT molecular complexity index is 657. The van der Waals surface area contributed by atoms with Crippen LogP contribution in [0.25, 0.3) is 0 Å². The minimum atomic E-state index is -0.990. The summed E-state index contributed by atoms with van der Waals surface area (Å²) in [7, 11) is 0. The van der Waals surface area contributed by atoms with E-state index in [1.54, 1.807) is 12.1 Å². The van der Waals surface area contributed by atoms with Crippen LogP contribution in [0, 0.1) is 11.6 Å². The van der Waals surface area contributed by atoms with Gasteiger partial charge in [0.1, 0.15) is 0 Å². The van der Waals surface area contributed by atoms with Gasteiger partial charge in [-0.25, -0.2) is 8.78 Å². The maximum absolute atomic E-state index is 13.1. The van der Waals surface area contributed by atoms with E-state index in [1.807, 2.05) is 12.1 Å². The van der Waals surface area contributed by atoms with E-state index >= 15 is 0 Å². The predicted octanol–water partition coefficient (Wildman–Crippen LogP) is 4.51. The summed E-state index contributed by atoms with van der Waals surface area (Å²) in [5.74, 6) is -2.29. The maximum atomic E-state index is 13.1. The third-order valence-electron chi connectivity index (χ3n) is 3.19. The second-order valence-corrected chi connectivity index (χ2v) is 5.91. The van der Waals surface area contributed by atoms with Crippen LogP contribution in [-0.2, 0) is 5.41 Å². The highest BCUT2D eigenvalue weighted by Crippen LogP contribution is 2.22. The molecule has 0 aliphatic rings. The monoisotopic (exact) mass is 289 g/mol. The summed E-state index contributed by atoms with van der Waals surface area (Å²) in [4.78, 5) is 12.0. The van der Waals surface area contributed by atoms with E-state index in [0.29, 0.717) is 5.56 Å². The second-order valence-electron chi connectivity index (χ2n) is 5.91. The van der Waals surface area contributed by atoms with Crippen LogP contribution in [0.5, 0.6) is 0 Å². The molecule has 0 bridgehead atoms. The normalized spacial score (nSPS) is 11.3. The Labute approximate surface area is 122 Å². The Balaban J connectivity index is 2.15. The van der Waals surface area contributed by atoms with Crippen molar-refractivity contribution in [1.29, 1.82) is 0 Å². The number of amides is 1. The SMILES string of the molecule is CC(C)(C)c1ccc(C(=O)Nc2ccc(F)c(F)c2)cc1. The molecule has 2 nitrogen and oxygen atoms in total. The van der Waals surface area contributed by atoms with Crippen LogP contribution in [-0.4, -0.2) is 5.91 Å². The first-order valence-electron chi connectivity index (χ1n) is 6.64. The maximum Gasteiger partial charge on any atom is 0.255 e. The lowest BCUT2D eigenvalue weighted by atomic mass is 9.87. The molecular formula is C17H17F2NO. The van der Waals surface area contributed by atoms with Gasteiger partial charge in [-0.15, -0.1) is 0 Å². The van der Waals surface area contributed by atoms with E-state index in [9.17, 15) is 13.6 Å². The van der Waals surface area contributed by atoms with Crippen molar-refractivity contribution in [1.82, 2.24) is 0 Å². The summed E-state index contributed by atoms with van der Waals surface area (Å²) in [6, 6.07) is 10.5. The lowest BCUT2D eigenvalue weighted by molar-refractivity contribution is 0.102. The Kier molecular flexibility index (Phi) is 4.07. The van der Waals surface area contributed by atoms with Crippen molar-refractivity contribution < 1.29 is 13.6 Å². The van der Waals surface area contributed by atoms with Crippen molar-refractivity contribution in [2.45, 2.75) is 26.2 Å². The van der Waals surface area contributed by atoms with E-state index in [1.165, 1.54) is 6.07 Å². The van der Waals surface area contributed by atoms with Crippen molar-refractivity contribution in [3.05, 3.63) is 65.2 Å². The van der Waals surface area contributed by atoms with E-state index in [-0.39, 0.29) is 17.0 Å². The molecular weight excluding hydrogens is 272 g/mol. The number of anilines is 1. The first-order valence-corrected chi connectivity index (χ1v) is 6.64. The minimum absolute atomic E-state index is 0.00902. The minimum Gasteiger partial charge on any atom is -0.322 e. The molecule has 0 spiro atoms. The molecule has 1 N–H and O–H groups in total. The van der Waals surface area contributed by atoms with E-state index in [2.05, 4.69) is 26.1 Å². The molecule has 0 radical (unpaired) electrons. The van der Waals surface area contributed by atoms with Crippen molar-refractivity contribution in [3.8, 4) is 0 Å². The molecule has 110 valence electrons. The molecule has 4 heteroatoms. The average molecular weight is 289 g/mol. The number of carbonyl (C=O) groups is 1. The zero-order chi connectivity index (χ0) is 15.6. The van der Waals surface area contributed by atoms with Gasteiger partial charge in [0.15, 0.2) is 11.6 Å². The molecule has 0 aromatic heterocycles. The Morgan fingerprint density at radius 1 is 0.952 bits per heavy atom. The van der Waals surface area contributed by atoms with Crippen LogP contribution in [0.1, 0.15) is 36.7 Å². The van der Waals surface area contributed by atoms with Gasteiger partial charge in [-0.3, -0.25) is 4.79 Å². The number of rotatable bonds is 2. The smallest absolute Gasteiger partial charge is 0.255 e. The molecule has 0 fully saturated rings. The first kappa shape index (κ1) is 15.2. The van der Waals surface area contributed by atoms with Gasteiger partial charge in [0.2, 0.25) is 0 Å². The molecule has 0 atom stereocenters. The summed E-state index contributed by atoms with van der Waals surface area (Å²) < 4.78 is 25.9. The highest BCUT2D eigenvalue weighted by Gasteiger charge is 2.14. The molecule has 0 saturated heterocycles. The molecule has 0 saturated carbocycles. The fourth-order valence-electron chi connectivity index (χ4n) is 1.90. The van der Waals surface area contributed by atoms with Gasteiger partial charge in [0, 0.05) is 17.3 Å². The molecule has 0 heterocycles. The Morgan fingerprint density at radius 3 is 2.10 bits per heavy atom. The molecule has 0 aliphatic carbocycles. The second kappa shape index (κ2) is 5.64. The fourth-order valence-corrected chi connectivity index (χ4v) is 1.90. The largest absolute Gasteiger partial charge is 0.322 e. The predicted molar refractivity (Wildman–Crippen MR) is 79.5 cm³/mol. The van der Waals surface area contributed by atoms with Crippen LogP contribution in [0.15, 0.2) is 42.5 Å². The number of hydrogen-bond acceptors (Lipinski definition) is 1. The van der Waals surface area contributed by atoms with Crippen LogP contribution >= 0.6 is 0 Å². The summed E-state index contributed by atoms with van der Waals surface area (Å²) in [6.07, 6.45) is 0. The molecule has 0 aliphatic heterocycles. The molecule has 1 amide bonds. The number of halogens is 2. The van der Waals surface area contributed by atoms with Crippen molar-refractivity contribution in [2.24, 2.45) is 0 Å². The van der Waals surface area contributed by atoms with Crippen molar-refractivity contribution in [3.63, 3.8) is 0 Å². The third kappa shape index (κ3) is 3.66. The highest BCUT2D eigenvalue weighted by molar-refractivity contribution is 6.04. The zero-order valence-corrected chi connectivity index (χ0v) is 12.2. The number of hydrogen-bond donors (Lipinski definition) is 1. The lowest BCUT2D eigenvalue weighted by Gasteiger charge is -2.19. The molecule has 2 aromatic carbocycles. The summed E-state index contributed by atoms with van der Waals surface area (Å²) in [5.41, 5.74) is 1.81. The van der Waals surface area contributed by atoms with Crippen LogP contribution in [0.3, 0.4) is 0 Å². The van der Waals surface area contributed by atoms with E-state index < -0.39 is 11.6 Å². The van der Waals surface area contributed by atoms with Gasteiger partial charge in [0.25, 0.3) is 5.91 Å². The Hall–Kier alpha value is -2.23. The molecule has 21 heavy (non-hydrogen) atoms. The van der Waals surface area contributed by atoms with Gasteiger partial charge < -0.3 is 5.32 Å². The van der Waals surface area contributed by atoms with Gasteiger partial charge in [-0.2, -0.15) is 0 Å². The standard InChI is InChI=1S/C17H17F2NO/c1-17(2,3)12-6-4-11(5-7-12)16(21)20-13-8-9-14(18)15(19)10-13/h4-10H,1-3H3,(H,20,21). The highest BCUT2D eigenvalue weighted by atomic mass is 19.2. The molecule has 2 aromatic rings. The van der Waals surface area contributed by atoms with Gasteiger partial charge in [-0.1, -0.05) is 32.9 Å². The Morgan fingerprint density at radius 2 is 1.57 bits per heavy atom. The molecule has 0 unspecified atom stereocenters.